The minimum Gasteiger partial charge on any atom is -0.392 e. The lowest BCUT2D eigenvalue weighted by Crippen LogP contribution is -2.43. The number of halogens is 4. The number of rotatable bonds is 5. The third-order valence-corrected chi connectivity index (χ3v) is 7.24. The van der Waals surface area contributed by atoms with Crippen molar-refractivity contribution in [3.05, 3.63) is 99.3 Å². The number of carbonyl (C=O) groups is 1. The second-order valence-corrected chi connectivity index (χ2v) is 11.3. The molecule has 3 N–H and O–H groups in total. The van der Waals surface area contributed by atoms with Gasteiger partial charge in [-0.05, 0) is 47.7 Å². The monoisotopic (exact) mass is 596 g/mol. The van der Waals surface area contributed by atoms with Gasteiger partial charge in [-0.3, -0.25) is 14.9 Å². The maximum atomic E-state index is 15.3. The van der Waals surface area contributed by atoms with Crippen LogP contribution < -0.4 is 16.2 Å². The lowest BCUT2D eigenvalue weighted by molar-refractivity contribution is -0.141. The van der Waals surface area contributed by atoms with Gasteiger partial charge in [0.25, 0.3) is 5.56 Å². The van der Waals surface area contributed by atoms with Gasteiger partial charge in [-0.2, -0.15) is 23.0 Å². The fraction of sp³-hybridized carbons (Fsp3) is 0.300. The summed E-state index contributed by atoms with van der Waals surface area (Å²) in [5.41, 5.74) is -0.464. The van der Waals surface area contributed by atoms with Crippen LogP contribution >= 0.6 is 0 Å². The highest BCUT2D eigenvalue weighted by molar-refractivity contribution is 6.02. The van der Waals surface area contributed by atoms with E-state index in [9.17, 15) is 27.9 Å². The van der Waals surface area contributed by atoms with E-state index in [0.717, 1.165) is 10.9 Å². The van der Waals surface area contributed by atoms with Crippen molar-refractivity contribution in [3.8, 4) is 5.69 Å². The van der Waals surface area contributed by atoms with Crippen molar-refractivity contribution in [2.45, 2.75) is 58.0 Å². The van der Waals surface area contributed by atoms with Crippen molar-refractivity contribution in [2.24, 2.45) is 0 Å². The molecule has 0 spiro atoms. The topological polar surface area (TPSA) is 122 Å². The van der Waals surface area contributed by atoms with Gasteiger partial charge in [0, 0.05) is 10.9 Å². The van der Waals surface area contributed by atoms with Gasteiger partial charge in [0.05, 0.1) is 54.1 Å². The molecule has 0 saturated heterocycles. The molecule has 0 bridgehead atoms. The van der Waals surface area contributed by atoms with Crippen LogP contribution in [0.4, 0.5) is 23.4 Å². The number of nitrogens with one attached hydrogen (secondary N) is 2. The Morgan fingerprint density at radius 2 is 1.81 bits per heavy atom. The van der Waals surface area contributed by atoms with Gasteiger partial charge in [-0.15, -0.1) is 0 Å². The van der Waals surface area contributed by atoms with Crippen LogP contribution in [-0.4, -0.2) is 36.7 Å². The quantitative estimate of drug-likeness (QED) is 0.283. The Bertz CT molecular complexity index is 1810. The predicted molar refractivity (Wildman–Crippen MR) is 151 cm³/mol. The number of aliphatic hydroxyl groups excluding tert-OH is 1. The molecule has 224 valence electrons. The Kier molecular flexibility index (Phi) is 7.65. The summed E-state index contributed by atoms with van der Waals surface area (Å²) >= 11 is 0. The Hall–Kier alpha value is -4.49. The first-order chi connectivity index (χ1) is 20.2. The largest absolute Gasteiger partial charge is 0.434 e. The summed E-state index contributed by atoms with van der Waals surface area (Å²) in [6.45, 7) is 6.88. The van der Waals surface area contributed by atoms with Gasteiger partial charge >= 0.3 is 6.18 Å². The summed E-state index contributed by atoms with van der Waals surface area (Å²) in [5, 5.41) is 20.8. The van der Waals surface area contributed by atoms with Crippen LogP contribution in [0.15, 0.2) is 65.5 Å². The van der Waals surface area contributed by atoms with E-state index in [2.05, 4.69) is 25.7 Å². The average Bonchev–Trinajstić information content (AvgIpc) is 2.94. The number of aliphatic hydroxyl groups is 1. The summed E-state index contributed by atoms with van der Waals surface area (Å²) in [6, 6.07) is 6.53. The molecule has 0 aliphatic carbocycles. The van der Waals surface area contributed by atoms with Crippen molar-refractivity contribution >= 4 is 22.4 Å². The van der Waals surface area contributed by atoms with Gasteiger partial charge in [-0.25, -0.2) is 14.4 Å². The predicted octanol–water partition coefficient (Wildman–Crippen LogP) is 4.72. The molecule has 2 atom stereocenters. The fourth-order valence-corrected chi connectivity index (χ4v) is 4.93. The number of fused-ring (bicyclic) bond motifs is 1. The molecule has 13 heteroatoms. The number of aromatic nitrogens is 4. The van der Waals surface area contributed by atoms with E-state index in [1.807, 2.05) is 20.8 Å². The second kappa shape index (κ2) is 11.0. The minimum absolute atomic E-state index is 0.0531. The molecule has 4 aromatic rings. The number of ketones is 1. The van der Waals surface area contributed by atoms with Crippen LogP contribution in [0.5, 0.6) is 0 Å². The fourth-order valence-electron chi connectivity index (χ4n) is 4.93. The molecular formula is C30H28F4N6O3. The first-order valence-electron chi connectivity index (χ1n) is 13.3. The summed E-state index contributed by atoms with van der Waals surface area (Å²) in [5.74, 6) is -1.13. The SMILES string of the molecule is CC1NC(c2cccc(-n3ncc4cc(C(C)(C)C)cc(F)c4c3=O)c2CO)C=C(Nc2cnc(C(F)(F)F)cn2)C1=O. The van der Waals surface area contributed by atoms with Gasteiger partial charge in [-0.1, -0.05) is 32.9 Å². The summed E-state index contributed by atoms with van der Waals surface area (Å²) in [4.78, 5) is 33.5. The van der Waals surface area contributed by atoms with E-state index in [1.165, 1.54) is 18.3 Å². The molecule has 1 aliphatic heterocycles. The highest BCUT2D eigenvalue weighted by Crippen LogP contribution is 2.31. The lowest BCUT2D eigenvalue weighted by Gasteiger charge is -2.29. The molecule has 0 amide bonds. The molecule has 2 aromatic heterocycles. The van der Waals surface area contributed by atoms with E-state index in [1.54, 1.807) is 31.2 Å². The Morgan fingerprint density at radius 1 is 1.07 bits per heavy atom. The van der Waals surface area contributed by atoms with Crippen molar-refractivity contribution in [1.82, 2.24) is 25.1 Å². The normalized spacial score (nSPS) is 17.7. The number of benzene rings is 2. The first kappa shape index (κ1) is 30.0. The number of alkyl halides is 3. The van der Waals surface area contributed by atoms with Crippen LogP contribution in [0.2, 0.25) is 0 Å². The zero-order valence-electron chi connectivity index (χ0n) is 23.6. The molecule has 43 heavy (non-hydrogen) atoms. The third kappa shape index (κ3) is 5.77. The first-order valence-corrected chi connectivity index (χ1v) is 13.3. The van der Waals surface area contributed by atoms with Crippen LogP contribution in [-0.2, 0) is 23.0 Å². The van der Waals surface area contributed by atoms with E-state index < -0.39 is 41.9 Å². The molecule has 5 rings (SSSR count). The number of hydrogen-bond donors (Lipinski definition) is 3. The van der Waals surface area contributed by atoms with Crippen molar-refractivity contribution in [3.63, 3.8) is 0 Å². The molecular weight excluding hydrogens is 568 g/mol. The van der Waals surface area contributed by atoms with Gasteiger partial charge in [0.2, 0.25) is 0 Å². The highest BCUT2D eigenvalue weighted by Gasteiger charge is 2.33. The Labute approximate surface area is 243 Å². The maximum Gasteiger partial charge on any atom is 0.434 e. The number of anilines is 1. The van der Waals surface area contributed by atoms with Crippen molar-refractivity contribution in [2.75, 3.05) is 5.32 Å². The zero-order chi connectivity index (χ0) is 31.3. The summed E-state index contributed by atoms with van der Waals surface area (Å²) < 4.78 is 54.9. The van der Waals surface area contributed by atoms with E-state index >= 15 is 4.39 Å². The average molecular weight is 597 g/mol. The lowest BCUT2D eigenvalue weighted by atomic mass is 9.86. The number of Topliss-reactive ketones (excluding diaryl/α,β-unsaturated/α-hetero) is 1. The molecule has 3 heterocycles. The van der Waals surface area contributed by atoms with Crippen molar-refractivity contribution in [1.29, 1.82) is 0 Å². The summed E-state index contributed by atoms with van der Waals surface area (Å²) in [7, 11) is 0. The smallest absolute Gasteiger partial charge is 0.392 e. The van der Waals surface area contributed by atoms with Crippen LogP contribution in [0.1, 0.15) is 56.1 Å². The van der Waals surface area contributed by atoms with E-state index in [4.69, 9.17) is 0 Å². The van der Waals surface area contributed by atoms with Crippen molar-refractivity contribution < 1.29 is 27.5 Å². The molecule has 2 aromatic carbocycles. The molecule has 0 saturated carbocycles. The standard InChI is InChI=1S/C30H28F4N6O3/c1-15-27(42)22(39-25-13-35-24(12-36-25)30(32,33)34)10-21(38-15)18-6-5-7-23(19(18)14-41)40-28(43)26-16(11-37-40)8-17(9-20(26)31)29(2,3)4/h5-13,15,21,38,41H,14H2,1-4H3,(H,36,39). The number of carbonyl (C=O) groups excluding carboxylic acids is 1. The van der Waals surface area contributed by atoms with Crippen LogP contribution in [0, 0.1) is 5.82 Å². The van der Waals surface area contributed by atoms with Gasteiger partial charge in [0.15, 0.2) is 11.5 Å². The molecule has 2 unspecified atom stereocenters. The van der Waals surface area contributed by atoms with Gasteiger partial charge < -0.3 is 10.4 Å². The summed E-state index contributed by atoms with van der Waals surface area (Å²) in [6.07, 6.45) is -0.326. The number of nitrogens with zero attached hydrogens (tertiary/aromatic N) is 4. The molecule has 9 nitrogen and oxygen atoms in total. The third-order valence-electron chi connectivity index (χ3n) is 7.24. The zero-order valence-corrected chi connectivity index (χ0v) is 23.6. The second-order valence-electron chi connectivity index (χ2n) is 11.3. The van der Waals surface area contributed by atoms with Crippen LogP contribution in [0.25, 0.3) is 16.5 Å². The Balaban J connectivity index is 1.56. The Morgan fingerprint density at radius 3 is 2.44 bits per heavy atom. The molecule has 1 aliphatic rings. The molecule has 0 fully saturated rings. The number of hydrogen-bond acceptors (Lipinski definition) is 8. The minimum atomic E-state index is -4.66. The molecule has 0 radical (unpaired) electrons. The van der Waals surface area contributed by atoms with E-state index in [0.29, 0.717) is 28.3 Å². The van der Waals surface area contributed by atoms with E-state index in [-0.39, 0.29) is 33.8 Å². The van der Waals surface area contributed by atoms with Crippen LogP contribution in [0.3, 0.4) is 0 Å². The maximum absolute atomic E-state index is 15.3. The highest BCUT2D eigenvalue weighted by atomic mass is 19.4. The van der Waals surface area contributed by atoms with Gasteiger partial charge in [0.1, 0.15) is 11.6 Å².